The van der Waals surface area contributed by atoms with Gasteiger partial charge in [-0.05, 0) is 31.5 Å². The number of halogens is 6. The third-order valence-electron chi connectivity index (χ3n) is 5.30. The lowest BCUT2D eigenvalue weighted by Crippen LogP contribution is -2.34. The lowest BCUT2D eigenvalue weighted by Gasteiger charge is -2.30. The van der Waals surface area contributed by atoms with E-state index >= 15 is 0 Å². The Bertz CT molecular complexity index is 1140. The van der Waals surface area contributed by atoms with Gasteiger partial charge in [-0.3, -0.25) is 0 Å². The van der Waals surface area contributed by atoms with Crippen molar-refractivity contribution in [3.8, 4) is 5.88 Å². The molecule has 1 unspecified atom stereocenters. The number of benzene rings is 1. The van der Waals surface area contributed by atoms with Crippen molar-refractivity contribution in [2.75, 3.05) is 18.1 Å². The minimum Gasteiger partial charge on any atom is -0.478 e. The minimum atomic E-state index is -4.92. The van der Waals surface area contributed by atoms with Crippen molar-refractivity contribution in [3.05, 3.63) is 41.0 Å². The van der Waals surface area contributed by atoms with E-state index in [-0.39, 0.29) is 5.88 Å². The fourth-order valence-electron chi connectivity index (χ4n) is 3.84. The quantitative estimate of drug-likeness (QED) is 0.387. The van der Waals surface area contributed by atoms with E-state index in [0.29, 0.717) is 22.8 Å². The summed E-state index contributed by atoms with van der Waals surface area (Å²) in [7, 11) is 0. The van der Waals surface area contributed by atoms with Crippen LogP contribution in [-0.4, -0.2) is 46.6 Å². The summed E-state index contributed by atoms with van der Waals surface area (Å²) in [5, 5.41) is 0.556. The highest BCUT2D eigenvalue weighted by Gasteiger charge is 2.42. The fraction of sp³-hybridized carbons (Fsp3) is 0.429. The van der Waals surface area contributed by atoms with Crippen molar-refractivity contribution < 1.29 is 31.4 Å². The summed E-state index contributed by atoms with van der Waals surface area (Å²) in [6.45, 7) is -0.783. The van der Waals surface area contributed by atoms with Gasteiger partial charge in [0.2, 0.25) is 11.8 Å². The van der Waals surface area contributed by atoms with Gasteiger partial charge in [-0.25, -0.2) is 9.97 Å². The molecule has 0 spiro atoms. The summed E-state index contributed by atoms with van der Waals surface area (Å²) < 4.78 is 73.9. The van der Waals surface area contributed by atoms with E-state index < -0.39 is 31.9 Å². The molecule has 33 heavy (non-hydrogen) atoms. The zero-order chi connectivity index (χ0) is 23.8. The number of alkyl halides is 5. The molecule has 0 aliphatic carbocycles. The second-order valence-corrected chi connectivity index (χ2v) is 7.90. The van der Waals surface area contributed by atoms with Crippen LogP contribution in [-0.2, 0) is 11.3 Å². The number of hydrogen-bond donors (Lipinski definition) is 0. The van der Waals surface area contributed by atoms with Gasteiger partial charge in [0.15, 0.2) is 6.10 Å². The molecule has 0 saturated carbocycles. The highest BCUT2D eigenvalue weighted by atomic mass is 35.5. The maximum absolute atomic E-state index is 12.8. The number of aryl methyl sites for hydroxylation is 2. The van der Waals surface area contributed by atoms with Gasteiger partial charge in [0, 0.05) is 25.6 Å². The van der Waals surface area contributed by atoms with Crippen LogP contribution in [0.5, 0.6) is 5.88 Å². The van der Waals surface area contributed by atoms with Crippen LogP contribution in [0.2, 0.25) is 5.02 Å². The number of pyridine rings is 1. The summed E-state index contributed by atoms with van der Waals surface area (Å²) >= 11 is 6.30. The second-order valence-electron chi connectivity index (χ2n) is 7.49. The Morgan fingerprint density at radius 1 is 1.12 bits per heavy atom. The highest BCUT2D eigenvalue weighted by molar-refractivity contribution is 6.35. The fourth-order valence-corrected chi connectivity index (χ4v) is 4.05. The standard InChI is InChI=1S/C21H20ClF5N4O2/c1-12-14(6-7-17(28-12)32-11-8-16(21(25,26)27)33-19(23)24)30-9-3-10-31-15-5-2-4-13(22)18(15)29-20(30)31/h2,4-7,16,19H,3,8-11H2,1H3. The Morgan fingerprint density at radius 2 is 1.91 bits per heavy atom. The number of hydrogen-bond acceptors (Lipinski definition) is 5. The molecule has 4 rings (SSSR count). The number of aromatic nitrogens is 3. The maximum atomic E-state index is 12.8. The molecule has 1 aromatic carbocycles. The number of anilines is 2. The summed E-state index contributed by atoms with van der Waals surface area (Å²) in [5.74, 6) is 0.808. The van der Waals surface area contributed by atoms with Crippen molar-refractivity contribution in [2.45, 2.75) is 45.2 Å². The van der Waals surface area contributed by atoms with Gasteiger partial charge in [0.05, 0.1) is 28.5 Å². The topological polar surface area (TPSA) is 52.4 Å². The van der Waals surface area contributed by atoms with Crippen LogP contribution in [0.1, 0.15) is 18.5 Å². The van der Waals surface area contributed by atoms with E-state index in [4.69, 9.17) is 21.3 Å². The van der Waals surface area contributed by atoms with Crippen LogP contribution in [0, 0.1) is 6.92 Å². The molecule has 1 aliphatic rings. The Hall–Kier alpha value is -2.66. The predicted molar refractivity (Wildman–Crippen MR) is 112 cm³/mol. The molecule has 1 aliphatic heterocycles. The SMILES string of the molecule is Cc1nc(OCCC(OC(F)F)C(F)(F)F)ccc1N1CCCn2c1nc1c(Cl)cccc12. The molecule has 178 valence electrons. The number of ether oxygens (including phenoxy) is 2. The zero-order valence-corrected chi connectivity index (χ0v) is 18.2. The third-order valence-corrected chi connectivity index (χ3v) is 5.60. The molecular formula is C21H20ClF5N4O2. The first kappa shape index (κ1) is 23.5. The van der Waals surface area contributed by atoms with Gasteiger partial charge >= 0.3 is 12.8 Å². The Kier molecular flexibility index (Phi) is 6.62. The van der Waals surface area contributed by atoms with Gasteiger partial charge < -0.3 is 18.9 Å². The summed E-state index contributed by atoms with van der Waals surface area (Å²) in [6, 6.07) is 8.86. The number of imidazole rings is 1. The summed E-state index contributed by atoms with van der Waals surface area (Å²) in [4.78, 5) is 11.0. The number of para-hydroxylation sites is 1. The molecule has 0 bridgehead atoms. The number of nitrogens with zero attached hydrogens (tertiary/aromatic N) is 4. The molecule has 1 atom stereocenters. The van der Waals surface area contributed by atoms with Crippen molar-refractivity contribution in [1.29, 1.82) is 0 Å². The Labute approximate surface area is 190 Å². The molecule has 0 saturated heterocycles. The first-order chi connectivity index (χ1) is 15.6. The van der Waals surface area contributed by atoms with E-state index in [1.807, 2.05) is 17.0 Å². The van der Waals surface area contributed by atoms with Crippen LogP contribution in [0.25, 0.3) is 11.0 Å². The van der Waals surface area contributed by atoms with Crippen LogP contribution in [0.3, 0.4) is 0 Å². The van der Waals surface area contributed by atoms with Crippen molar-refractivity contribution >= 4 is 34.3 Å². The van der Waals surface area contributed by atoms with E-state index in [2.05, 4.69) is 14.3 Å². The Morgan fingerprint density at radius 3 is 2.61 bits per heavy atom. The predicted octanol–water partition coefficient (Wildman–Crippen LogP) is 5.87. The number of fused-ring (bicyclic) bond motifs is 3. The second kappa shape index (κ2) is 9.30. The molecule has 3 heterocycles. The maximum Gasteiger partial charge on any atom is 0.414 e. The van der Waals surface area contributed by atoms with Gasteiger partial charge in [-0.2, -0.15) is 22.0 Å². The van der Waals surface area contributed by atoms with E-state index in [1.165, 1.54) is 6.07 Å². The molecule has 12 heteroatoms. The average Bonchev–Trinajstić information content (AvgIpc) is 3.13. The van der Waals surface area contributed by atoms with Crippen molar-refractivity contribution in [1.82, 2.24) is 14.5 Å². The highest BCUT2D eigenvalue weighted by Crippen LogP contribution is 2.36. The molecule has 0 fully saturated rings. The van der Waals surface area contributed by atoms with Crippen LogP contribution in [0.4, 0.5) is 33.6 Å². The molecule has 3 aromatic rings. The lowest BCUT2D eigenvalue weighted by molar-refractivity contribution is -0.275. The Balaban J connectivity index is 1.50. The van der Waals surface area contributed by atoms with Gasteiger partial charge in [0.25, 0.3) is 0 Å². The third kappa shape index (κ3) is 4.98. The van der Waals surface area contributed by atoms with E-state index in [0.717, 1.165) is 30.1 Å². The van der Waals surface area contributed by atoms with Gasteiger partial charge in [0.1, 0.15) is 5.52 Å². The molecular weight excluding hydrogens is 471 g/mol. The largest absolute Gasteiger partial charge is 0.478 e. The summed E-state index contributed by atoms with van der Waals surface area (Å²) in [6.07, 6.45) is -7.46. The van der Waals surface area contributed by atoms with Crippen molar-refractivity contribution in [3.63, 3.8) is 0 Å². The monoisotopic (exact) mass is 490 g/mol. The average molecular weight is 491 g/mol. The minimum absolute atomic E-state index is 0.0859. The smallest absolute Gasteiger partial charge is 0.414 e. The normalized spacial score (nSPS) is 15.2. The molecule has 6 nitrogen and oxygen atoms in total. The van der Waals surface area contributed by atoms with Crippen LogP contribution in [0.15, 0.2) is 30.3 Å². The van der Waals surface area contributed by atoms with Crippen molar-refractivity contribution in [2.24, 2.45) is 0 Å². The number of rotatable bonds is 7. The molecule has 2 aromatic heterocycles. The summed E-state index contributed by atoms with van der Waals surface area (Å²) in [5.41, 5.74) is 2.98. The first-order valence-corrected chi connectivity index (χ1v) is 10.6. The molecule has 0 radical (unpaired) electrons. The molecule has 0 N–H and O–H groups in total. The molecule has 0 amide bonds. The van der Waals surface area contributed by atoms with Crippen LogP contribution < -0.4 is 9.64 Å². The van der Waals surface area contributed by atoms with E-state index in [1.54, 1.807) is 19.1 Å². The first-order valence-electron chi connectivity index (χ1n) is 10.2. The van der Waals surface area contributed by atoms with E-state index in [9.17, 15) is 22.0 Å². The lowest BCUT2D eigenvalue weighted by atomic mass is 10.2. The zero-order valence-electron chi connectivity index (χ0n) is 17.5. The van der Waals surface area contributed by atoms with Gasteiger partial charge in [-0.15, -0.1) is 0 Å². The van der Waals surface area contributed by atoms with Gasteiger partial charge in [-0.1, -0.05) is 17.7 Å². The van der Waals surface area contributed by atoms with Crippen LogP contribution >= 0.6 is 11.6 Å².